The predicted octanol–water partition coefficient (Wildman–Crippen LogP) is 1.06. The van der Waals surface area contributed by atoms with E-state index in [1.807, 2.05) is 7.05 Å². The first-order valence-electron chi connectivity index (χ1n) is 3.90. The van der Waals surface area contributed by atoms with E-state index in [1.165, 1.54) is 0 Å². The molecule has 0 fully saturated rings. The lowest BCUT2D eigenvalue weighted by Gasteiger charge is -2.14. The third-order valence-electron chi connectivity index (χ3n) is 1.45. The van der Waals surface area contributed by atoms with E-state index in [0.717, 1.165) is 19.6 Å². The largest absolute Gasteiger partial charge is 0.378 e. The molecule has 0 aliphatic carbocycles. The fourth-order valence-corrected chi connectivity index (χ4v) is 0.754. The van der Waals surface area contributed by atoms with Crippen molar-refractivity contribution in [2.75, 3.05) is 26.7 Å². The SMILES string of the molecule is CCN(C=CCNC)CC. The third-order valence-corrected chi connectivity index (χ3v) is 1.45. The lowest BCUT2D eigenvalue weighted by molar-refractivity contribution is 0.417. The Balaban J connectivity index is 3.40. The molecule has 0 saturated carbocycles. The maximum Gasteiger partial charge on any atom is 0.0149 e. The van der Waals surface area contributed by atoms with Gasteiger partial charge in [-0.1, -0.05) is 6.08 Å². The van der Waals surface area contributed by atoms with Crippen molar-refractivity contribution in [3.8, 4) is 0 Å². The van der Waals surface area contributed by atoms with Crippen LogP contribution in [-0.4, -0.2) is 31.6 Å². The van der Waals surface area contributed by atoms with E-state index in [9.17, 15) is 0 Å². The summed E-state index contributed by atoms with van der Waals surface area (Å²) in [7, 11) is 1.95. The Kier molecular flexibility index (Phi) is 6.29. The summed E-state index contributed by atoms with van der Waals surface area (Å²) < 4.78 is 0. The number of nitrogens with one attached hydrogen (secondary N) is 1. The summed E-state index contributed by atoms with van der Waals surface area (Å²) in [6.07, 6.45) is 4.27. The number of nitrogens with zero attached hydrogens (tertiary/aromatic N) is 1. The first-order chi connectivity index (χ1) is 4.85. The van der Waals surface area contributed by atoms with Gasteiger partial charge >= 0.3 is 0 Å². The summed E-state index contributed by atoms with van der Waals surface area (Å²) in [4.78, 5) is 2.26. The van der Waals surface area contributed by atoms with E-state index >= 15 is 0 Å². The van der Waals surface area contributed by atoms with Gasteiger partial charge in [-0.3, -0.25) is 0 Å². The minimum atomic E-state index is 0.955. The lowest BCUT2D eigenvalue weighted by atomic mass is 10.5. The molecule has 0 atom stereocenters. The Bertz CT molecular complexity index is 85.3. The Hall–Kier alpha value is -0.500. The van der Waals surface area contributed by atoms with Gasteiger partial charge in [-0.15, -0.1) is 0 Å². The van der Waals surface area contributed by atoms with Crippen molar-refractivity contribution < 1.29 is 0 Å². The van der Waals surface area contributed by atoms with Gasteiger partial charge in [0.2, 0.25) is 0 Å². The van der Waals surface area contributed by atoms with Gasteiger partial charge in [0.1, 0.15) is 0 Å². The van der Waals surface area contributed by atoms with E-state index < -0.39 is 0 Å². The van der Waals surface area contributed by atoms with Crippen LogP contribution in [0.1, 0.15) is 13.8 Å². The highest BCUT2D eigenvalue weighted by atomic mass is 15.1. The molecule has 60 valence electrons. The van der Waals surface area contributed by atoms with Gasteiger partial charge in [0.15, 0.2) is 0 Å². The molecule has 0 bridgehead atoms. The fraction of sp³-hybridized carbons (Fsp3) is 0.750. The Morgan fingerprint density at radius 2 is 1.90 bits per heavy atom. The molecule has 0 radical (unpaired) electrons. The van der Waals surface area contributed by atoms with Crippen LogP contribution >= 0.6 is 0 Å². The maximum atomic E-state index is 3.06. The van der Waals surface area contributed by atoms with Crippen LogP contribution in [-0.2, 0) is 0 Å². The van der Waals surface area contributed by atoms with Crippen molar-refractivity contribution in [1.82, 2.24) is 10.2 Å². The molecule has 1 N–H and O–H groups in total. The summed E-state index contributed by atoms with van der Waals surface area (Å²) in [6.45, 7) is 7.46. The van der Waals surface area contributed by atoms with Crippen molar-refractivity contribution in [3.63, 3.8) is 0 Å². The second-order valence-corrected chi connectivity index (χ2v) is 2.16. The smallest absolute Gasteiger partial charge is 0.0149 e. The summed E-state index contributed by atoms with van der Waals surface area (Å²) in [5.41, 5.74) is 0. The molecule has 0 aromatic heterocycles. The van der Waals surface area contributed by atoms with E-state index in [1.54, 1.807) is 0 Å². The normalized spacial score (nSPS) is 10.7. The number of hydrogen-bond acceptors (Lipinski definition) is 2. The van der Waals surface area contributed by atoms with E-state index in [2.05, 4.69) is 36.3 Å². The molecule has 10 heavy (non-hydrogen) atoms. The Morgan fingerprint density at radius 1 is 1.30 bits per heavy atom. The monoisotopic (exact) mass is 142 g/mol. The van der Waals surface area contributed by atoms with Crippen molar-refractivity contribution in [2.24, 2.45) is 0 Å². The molecule has 0 aliphatic heterocycles. The molecule has 0 aliphatic rings. The Morgan fingerprint density at radius 3 is 2.30 bits per heavy atom. The number of hydrogen-bond donors (Lipinski definition) is 1. The van der Waals surface area contributed by atoms with Crippen LogP contribution in [0.15, 0.2) is 12.3 Å². The summed E-state index contributed by atoms with van der Waals surface area (Å²) >= 11 is 0. The molecule has 0 saturated heterocycles. The van der Waals surface area contributed by atoms with Crippen molar-refractivity contribution in [2.45, 2.75) is 13.8 Å². The third kappa shape index (κ3) is 4.39. The summed E-state index contributed by atoms with van der Waals surface area (Å²) in [5.74, 6) is 0. The lowest BCUT2D eigenvalue weighted by Crippen LogP contribution is -2.16. The molecule has 2 nitrogen and oxygen atoms in total. The number of rotatable bonds is 5. The van der Waals surface area contributed by atoms with Crippen LogP contribution in [0.4, 0.5) is 0 Å². The average Bonchev–Trinajstić information content (AvgIpc) is 1.99. The maximum absolute atomic E-state index is 3.06. The molecule has 0 aromatic rings. The van der Waals surface area contributed by atoms with E-state index in [4.69, 9.17) is 0 Å². The Labute approximate surface area is 63.9 Å². The second kappa shape index (κ2) is 6.62. The molecular weight excluding hydrogens is 124 g/mol. The minimum absolute atomic E-state index is 0.955. The van der Waals surface area contributed by atoms with Gasteiger partial charge in [-0.25, -0.2) is 0 Å². The topological polar surface area (TPSA) is 15.3 Å². The molecule has 0 amide bonds. The van der Waals surface area contributed by atoms with Gasteiger partial charge in [0, 0.05) is 19.6 Å². The predicted molar refractivity (Wildman–Crippen MR) is 46.0 cm³/mol. The van der Waals surface area contributed by atoms with E-state index in [-0.39, 0.29) is 0 Å². The van der Waals surface area contributed by atoms with Gasteiger partial charge in [0.25, 0.3) is 0 Å². The fourth-order valence-electron chi connectivity index (χ4n) is 0.754. The van der Waals surface area contributed by atoms with Gasteiger partial charge in [-0.05, 0) is 27.1 Å². The molecule has 0 heterocycles. The van der Waals surface area contributed by atoms with Crippen LogP contribution in [0.2, 0.25) is 0 Å². The quantitative estimate of drug-likeness (QED) is 0.617. The molecule has 0 rings (SSSR count). The average molecular weight is 142 g/mol. The minimum Gasteiger partial charge on any atom is -0.378 e. The van der Waals surface area contributed by atoms with Crippen LogP contribution in [0, 0.1) is 0 Å². The zero-order valence-electron chi connectivity index (χ0n) is 7.22. The molecule has 0 unspecified atom stereocenters. The highest BCUT2D eigenvalue weighted by molar-refractivity contribution is 4.82. The van der Waals surface area contributed by atoms with Gasteiger partial charge < -0.3 is 10.2 Å². The zero-order valence-corrected chi connectivity index (χ0v) is 7.22. The van der Waals surface area contributed by atoms with Gasteiger partial charge in [0.05, 0.1) is 0 Å². The second-order valence-electron chi connectivity index (χ2n) is 2.16. The van der Waals surface area contributed by atoms with Crippen LogP contribution < -0.4 is 5.32 Å². The zero-order chi connectivity index (χ0) is 7.82. The van der Waals surface area contributed by atoms with E-state index in [0.29, 0.717) is 0 Å². The van der Waals surface area contributed by atoms with Crippen molar-refractivity contribution in [3.05, 3.63) is 12.3 Å². The standard InChI is InChI=1S/C8H18N2/c1-4-10(5-2)8-6-7-9-3/h6,8-9H,4-5,7H2,1-3H3. The van der Waals surface area contributed by atoms with Gasteiger partial charge in [-0.2, -0.15) is 0 Å². The van der Waals surface area contributed by atoms with Crippen molar-refractivity contribution >= 4 is 0 Å². The summed E-state index contributed by atoms with van der Waals surface area (Å²) in [5, 5.41) is 3.06. The molecule has 0 spiro atoms. The van der Waals surface area contributed by atoms with Crippen LogP contribution in [0.5, 0.6) is 0 Å². The summed E-state index contributed by atoms with van der Waals surface area (Å²) in [6, 6.07) is 0. The van der Waals surface area contributed by atoms with Crippen LogP contribution in [0.25, 0.3) is 0 Å². The molecule has 0 aromatic carbocycles. The highest BCUT2D eigenvalue weighted by Crippen LogP contribution is 1.86. The first kappa shape index (κ1) is 9.50. The molecule has 2 heteroatoms. The highest BCUT2D eigenvalue weighted by Gasteiger charge is 1.86. The van der Waals surface area contributed by atoms with Crippen LogP contribution in [0.3, 0.4) is 0 Å². The van der Waals surface area contributed by atoms with Crippen molar-refractivity contribution in [1.29, 1.82) is 0 Å². The number of likely N-dealkylation sites (N-methyl/N-ethyl adjacent to an activating group) is 1. The first-order valence-corrected chi connectivity index (χ1v) is 3.90. The molecular formula is C8H18N2.